The second-order valence-corrected chi connectivity index (χ2v) is 2.94. The molecule has 0 bridgehead atoms. The van der Waals surface area contributed by atoms with Gasteiger partial charge in [0.1, 0.15) is 0 Å². The molecule has 0 saturated carbocycles. The molecule has 50 valence electrons. The molecule has 0 N–H and O–H groups in total. The lowest BCUT2D eigenvalue weighted by Crippen LogP contribution is -2.23. The van der Waals surface area contributed by atoms with Gasteiger partial charge in [0, 0.05) is 5.75 Å². The lowest BCUT2D eigenvalue weighted by molar-refractivity contribution is -0.152. The number of rotatable bonds is 0. The standard InChI is InChI=1S/C4H4O4S/c5-3-1-2-9-4(6-3)7-8-4/h1-2H2. The number of hydrogen-bond acceptors (Lipinski definition) is 5. The first-order valence-corrected chi connectivity index (χ1v) is 3.52. The Balaban J connectivity index is 2.04. The van der Waals surface area contributed by atoms with E-state index in [1.807, 2.05) is 0 Å². The highest BCUT2D eigenvalue weighted by Gasteiger charge is 2.57. The van der Waals surface area contributed by atoms with E-state index in [0.717, 1.165) is 0 Å². The van der Waals surface area contributed by atoms with Crippen LogP contribution in [0.15, 0.2) is 0 Å². The van der Waals surface area contributed by atoms with Crippen molar-refractivity contribution >= 4 is 17.7 Å². The first-order chi connectivity index (χ1) is 4.31. The smallest absolute Gasteiger partial charge is 0.395 e. The Morgan fingerprint density at radius 1 is 1.56 bits per heavy atom. The molecular formula is C4H4O4S. The van der Waals surface area contributed by atoms with E-state index in [2.05, 4.69) is 14.5 Å². The third-order valence-corrected chi connectivity index (χ3v) is 2.02. The fraction of sp³-hybridized carbons (Fsp3) is 0.750. The molecule has 2 aliphatic heterocycles. The molecule has 5 heteroatoms. The molecule has 0 radical (unpaired) electrons. The zero-order valence-corrected chi connectivity index (χ0v) is 5.27. The van der Waals surface area contributed by atoms with E-state index in [-0.39, 0.29) is 5.97 Å². The molecule has 0 aliphatic carbocycles. The summed E-state index contributed by atoms with van der Waals surface area (Å²) in [6.45, 7) is 0. The number of thioether (sulfide) groups is 1. The topological polar surface area (TPSA) is 51.4 Å². The van der Waals surface area contributed by atoms with Gasteiger partial charge < -0.3 is 4.74 Å². The zero-order chi connectivity index (χ0) is 6.32. The Kier molecular flexibility index (Phi) is 0.992. The second kappa shape index (κ2) is 1.62. The largest absolute Gasteiger partial charge is 0.437 e. The second-order valence-electron chi connectivity index (χ2n) is 1.74. The zero-order valence-electron chi connectivity index (χ0n) is 4.46. The first-order valence-electron chi connectivity index (χ1n) is 2.53. The highest BCUT2D eigenvalue weighted by molar-refractivity contribution is 8.00. The molecular weight excluding hydrogens is 144 g/mol. The molecule has 0 amide bonds. The van der Waals surface area contributed by atoms with Gasteiger partial charge in [-0.05, 0) is 11.8 Å². The van der Waals surface area contributed by atoms with E-state index < -0.39 is 5.31 Å². The molecule has 0 aromatic rings. The molecule has 4 nitrogen and oxygen atoms in total. The lowest BCUT2D eigenvalue weighted by atomic mass is 10.5. The maximum absolute atomic E-state index is 10.5. The molecule has 0 unspecified atom stereocenters. The van der Waals surface area contributed by atoms with Crippen molar-refractivity contribution in [1.82, 2.24) is 0 Å². The van der Waals surface area contributed by atoms with Crippen LogP contribution in [-0.2, 0) is 19.3 Å². The van der Waals surface area contributed by atoms with Crippen LogP contribution >= 0.6 is 11.8 Å². The van der Waals surface area contributed by atoms with E-state index in [1.54, 1.807) is 0 Å². The third-order valence-electron chi connectivity index (χ3n) is 1.04. The molecule has 2 fully saturated rings. The van der Waals surface area contributed by atoms with Gasteiger partial charge in [-0.3, -0.25) is 4.79 Å². The van der Waals surface area contributed by atoms with Crippen LogP contribution < -0.4 is 0 Å². The van der Waals surface area contributed by atoms with Crippen LogP contribution in [0.4, 0.5) is 0 Å². The predicted octanol–water partition coefficient (Wildman–Crippen LogP) is 0.240. The highest BCUT2D eigenvalue weighted by Crippen LogP contribution is 2.45. The van der Waals surface area contributed by atoms with Crippen molar-refractivity contribution < 1.29 is 19.3 Å². The molecule has 1 spiro atoms. The SMILES string of the molecule is O=C1CCSC2(OO2)O1. The highest BCUT2D eigenvalue weighted by atomic mass is 32.2. The summed E-state index contributed by atoms with van der Waals surface area (Å²) < 4.78 is 4.66. The maximum Gasteiger partial charge on any atom is 0.437 e. The van der Waals surface area contributed by atoms with Crippen LogP contribution in [-0.4, -0.2) is 17.0 Å². The minimum atomic E-state index is -1.03. The monoisotopic (exact) mass is 148 g/mol. The average Bonchev–Trinajstić information content (AvgIpc) is 2.49. The van der Waals surface area contributed by atoms with Crippen LogP contribution in [0.2, 0.25) is 0 Å². The van der Waals surface area contributed by atoms with Crippen molar-refractivity contribution in [3.05, 3.63) is 0 Å². The number of hydrogen-bond donors (Lipinski definition) is 0. The van der Waals surface area contributed by atoms with E-state index in [1.165, 1.54) is 11.8 Å². The van der Waals surface area contributed by atoms with Crippen molar-refractivity contribution in [3.8, 4) is 0 Å². The summed E-state index contributed by atoms with van der Waals surface area (Å²) in [5.41, 5.74) is 0. The van der Waals surface area contributed by atoms with E-state index in [9.17, 15) is 4.79 Å². The number of carbonyl (C=O) groups excluding carboxylic acids is 1. The molecule has 2 rings (SSSR count). The molecule has 0 atom stereocenters. The summed E-state index contributed by atoms with van der Waals surface area (Å²) in [5.74, 6) is 0.449. The van der Waals surface area contributed by atoms with Gasteiger partial charge >= 0.3 is 11.3 Å². The summed E-state index contributed by atoms with van der Waals surface area (Å²) in [6, 6.07) is 0. The molecule has 2 heterocycles. The maximum atomic E-state index is 10.5. The van der Waals surface area contributed by atoms with Crippen molar-refractivity contribution in [1.29, 1.82) is 0 Å². The Bertz CT molecular complexity index is 153. The van der Waals surface area contributed by atoms with E-state index in [0.29, 0.717) is 12.2 Å². The number of esters is 1. The first kappa shape index (κ1) is 5.52. The summed E-state index contributed by atoms with van der Waals surface area (Å²) in [6.07, 6.45) is 0.444. The van der Waals surface area contributed by atoms with Crippen molar-refractivity contribution in [2.24, 2.45) is 0 Å². The quantitative estimate of drug-likeness (QED) is 0.280. The Hall–Kier alpha value is -0.260. The average molecular weight is 148 g/mol. The molecule has 2 saturated heterocycles. The molecule has 2 aliphatic rings. The fourth-order valence-electron chi connectivity index (χ4n) is 0.595. The van der Waals surface area contributed by atoms with E-state index >= 15 is 0 Å². The van der Waals surface area contributed by atoms with Gasteiger partial charge in [-0.1, -0.05) is 0 Å². The van der Waals surface area contributed by atoms with Gasteiger partial charge in [-0.25, -0.2) is 0 Å². The van der Waals surface area contributed by atoms with Crippen LogP contribution in [0.3, 0.4) is 0 Å². The fourth-order valence-corrected chi connectivity index (χ4v) is 1.40. The van der Waals surface area contributed by atoms with Gasteiger partial charge in [-0.2, -0.15) is 0 Å². The minimum absolute atomic E-state index is 0.258. The van der Waals surface area contributed by atoms with Crippen molar-refractivity contribution in [2.45, 2.75) is 11.7 Å². The van der Waals surface area contributed by atoms with Crippen molar-refractivity contribution in [2.75, 3.05) is 5.75 Å². The van der Waals surface area contributed by atoms with Crippen molar-refractivity contribution in [3.63, 3.8) is 0 Å². The minimum Gasteiger partial charge on any atom is -0.395 e. The molecule has 0 aromatic carbocycles. The van der Waals surface area contributed by atoms with E-state index in [4.69, 9.17) is 0 Å². The molecule has 9 heavy (non-hydrogen) atoms. The van der Waals surface area contributed by atoms with Gasteiger partial charge in [-0.15, -0.1) is 9.78 Å². The van der Waals surface area contributed by atoms with Gasteiger partial charge in [0.15, 0.2) is 0 Å². The number of ether oxygens (including phenoxy) is 1. The van der Waals surface area contributed by atoms with Crippen LogP contribution in [0.1, 0.15) is 6.42 Å². The predicted molar refractivity (Wildman–Crippen MR) is 28.1 cm³/mol. The Labute approximate surface area is 55.4 Å². The summed E-state index contributed by atoms with van der Waals surface area (Å²) in [5, 5.41) is -1.03. The van der Waals surface area contributed by atoms with Crippen LogP contribution in [0.5, 0.6) is 0 Å². The number of carbonyl (C=O) groups is 1. The summed E-state index contributed by atoms with van der Waals surface area (Å²) in [7, 11) is 0. The lowest BCUT2D eigenvalue weighted by Gasteiger charge is -2.12. The Morgan fingerprint density at radius 2 is 2.33 bits per heavy atom. The molecule has 0 aromatic heterocycles. The summed E-state index contributed by atoms with van der Waals surface area (Å²) in [4.78, 5) is 19.4. The van der Waals surface area contributed by atoms with Gasteiger partial charge in [0.2, 0.25) is 0 Å². The van der Waals surface area contributed by atoms with Crippen LogP contribution in [0.25, 0.3) is 0 Å². The van der Waals surface area contributed by atoms with Gasteiger partial charge in [0.05, 0.1) is 6.42 Å². The summed E-state index contributed by atoms with van der Waals surface area (Å²) >= 11 is 1.35. The normalized spacial score (nSPS) is 30.0. The van der Waals surface area contributed by atoms with Crippen LogP contribution in [0, 0.1) is 0 Å². The Morgan fingerprint density at radius 3 is 2.78 bits per heavy atom. The van der Waals surface area contributed by atoms with Gasteiger partial charge in [0.25, 0.3) is 0 Å². The third kappa shape index (κ3) is 0.910.